The maximum absolute atomic E-state index is 13.3. The molecule has 2 aromatic carbocycles. The van der Waals surface area contributed by atoms with Crippen molar-refractivity contribution in [3.05, 3.63) is 53.3 Å². The topological polar surface area (TPSA) is 60.8 Å². The van der Waals surface area contributed by atoms with Crippen molar-refractivity contribution in [2.45, 2.75) is 13.8 Å². The summed E-state index contributed by atoms with van der Waals surface area (Å²) in [6, 6.07) is 7.90. The van der Waals surface area contributed by atoms with Crippen LogP contribution in [0.5, 0.6) is 11.5 Å². The van der Waals surface area contributed by atoms with Gasteiger partial charge in [0.25, 0.3) is 5.91 Å². The van der Waals surface area contributed by atoms with Crippen LogP contribution in [0, 0.1) is 12.7 Å². The third-order valence-corrected chi connectivity index (χ3v) is 3.23. The zero-order valence-electron chi connectivity index (χ0n) is 11.8. The highest BCUT2D eigenvalue weighted by atomic mass is 19.1. The Bertz CT molecular complexity index is 685. The van der Waals surface area contributed by atoms with Crippen molar-refractivity contribution in [2.24, 2.45) is 0 Å². The van der Waals surface area contributed by atoms with Gasteiger partial charge in [-0.2, -0.15) is 0 Å². The molecular formula is C16H16FNO3. The van der Waals surface area contributed by atoms with Crippen molar-refractivity contribution >= 4 is 11.6 Å². The van der Waals surface area contributed by atoms with Crippen molar-refractivity contribution in [3.8, 4) is 11.5 Å². The fraction of sp³-hybridized carbons (Fsp3) is 0.188. The first-order valence-electron chi connectivity index (χ1n) is 6.54. The molecule has 0 saturated carbocycles. The smallest absolute Gasteiger partial charge is 0.262 e. The van der Waals surface area contributed by atoms with E-state index in [1.807, 2.05) is 0 Å². The van der Waals surface area contributed by atoms with E-state index in [2.05, 4.69) is 0 Å². The summed E-state index contributed by atoms with van der Waals surface area (Å²) >= 11 is 0. The summed E-state index contributed by atoms with van der Waals surface area (Å²) in [7, 11) is 0. The molecule has 0 aromatic heterocycles. The van der Waals surface area contributed by atoms with Crippen LogP contribution in [0.15, 0.2) is 36.4 Å². The van der Waals surface area contributed by atoms with Crippen molar-refractivity contribution in [3.63, 3.8) is 0 Å². The van der Waals surface area contributed by atoms with Gasteiger partial charge in [-0.1, -0.05) is 6.07 Å². The minimum atomic E-state index is -0.597. The van der Waals surface area contributed by atoms with Crippen molar-refractivity contribution in [1.82, 2.24) is 0 Å². The number of aryl methyl sites for hydroxylation is 1. The number of rotatable bonds is 3. The third kappa shape index (κ3) is 2.97. The van der Waals surface area contributed by atoms with Gasteiger partial charge in [0, 0.05) is 12.6 Å². The molecule has 21 heavy (non-hydrogen) atoms. The van der Waals surface area contributed by atoms with Gasteiger partial charge < -0.3 is 15.1 Å². The van der Waals surface area contributed by atoms with Gasteiger partial charge in [0.15, 0.2) is 0 Å². The number of aromatic hydroxyl groups is 2. The zero-order valence-corrected chi connectivity index (χ0v) is 11.8. The zero-order chi connectivity index (χ0) is 15.6. The highest BCUT2D eigenvalue weighted by Crippen LogP contribution is 2.28. The maximum Gasteiger partial charge on any atom is 0.262 e. The molecule has 0 fully saturated rings. The van der Waals surface area contributed by atoms with E-state index in [0.717, 1.165) is 23.8 Å². The van der Waals surface area contributed by atoms with Crippen LogP contribution in [0.25, 0.3) is 0 Å². The summed E-state index contributed by atoms with van der Waals surface area (Å²) in [6.45, 7) is 3.88. The molecule has 0 spiro atoms. The first kappa shape index (κ1) is 14.8. The number of hydrogen-bond donors (Lipinski definition) is 2. The van der Waals surface area contributed by atoms with E-state index in [9.17, 15) is 19.4 Å². The molecule has 0 saturated heterocycles. The van der Waals surface area contributed by atoms with E-state index < -0.39 is 11.7 Å². The SMILES string of the molecule is CCN(C(=O)c1cc(F)ccc1O)c1cc(O)ccc1C. The fourth-order valence-corrected chi connectivity index (χ4v) is 2.14. The molecule has 2 rings (SSSR count). The Hall–Kier alpha value is -2.56. The number of halogens is 1. The van der Waals surface area contributed by atoms with Crippen LogP contribution in [-0.4, -0.2) is 22.7 Å². The molecule has 0 radical (unpaired) electrons. The Kier molecular flexibility index (Phi) is 4.12. The molecule has 0 unspecified atom stereocenters. The van der Waals surface area contributed by atoms with Crippen LogP contribution in [0.4, 0.5) is 10.1 Å². The first-order chi connectivity index (χ1) is 9.93. The summed E-state index contributed by atoms with van der Waals surface area (Å²) in [5, 5.41) is 19.3. The summed E-state index contributed by atoms with van der Waals surface area (Å²) in [4.78, 5) is 13.9. The molecule has 5 heteroatoms. The molecule has 1 amide bonds. The minimum absolute atomic E-state index is 0.0327. The Morgan fingerprint density at radius 3 is 2.57 bits per heavy atom. The maximum atomic E-state index is 13.3. The van der Waals surface area contributed by atoms with Gasteiger partial charge in [-0.3, -0.25) is 4.79 Å². The fourth-order valence-electron chi connectivity index (χ4n) is 2.14. The number of phenolic OH excluding ortho intramolecular Hbond substituents is 2. The number of carbonyl (C=O) groups excluding carboxylic acids is 1. The molecule has 0 aliphatic carbocycles. The van der Waals surface area contributed by atoms with E-state index in [1.54, 1.807) is 19.9 Å². The van der Waals surface area contributed by atoms with Crippen LogP contribution >= 0.6 is 0 Å². The monoisotopic (exact) mass is 289 g/mol. The molecule has 0 aliphatic rings. The highest BCUT2D eigenvalue weighted by molar-refractivity contribution is 6.08. The Morgan fingerprint density at radius 1 is 1.19 bits per heavy atom. The third-order valence-electron chi connectivity index (χ3n) is 3.23. The summed E-state index contributed by atoms with van der Waals surface area (Å²) in [6.07, 6.45) is 0. The van der Waals surface area contributed by atoms with Gasteiger partial charge in [-0.25, -0.2) is 4.39 Å². The number of hydrogen-bond acceptors (Lipinski definition) is 3. The molecule has 0 bridgehead atoms. The number of carbonyl (C=O) groups is 1. The molecule has 0 aliphatic heterocycles. The van der Waals surface area contributed by atoms with E-state index in [1.165, 1.54) is 17.0 Å². The lowest BCUT2D eigenvalue weighted by Crippen LogP contribution is -2.31. The van der Waals surface area contributed by atoms with Gasteiger partial charge in [0.05, 0.1) is 11.3 Å². The lowest BCUT2D eigenvalue weighted by molar-refractivity contribution is 0.0985. The van der Waals surface area contributed by atoms with E-state index in [4.69, 9.17) is 0 Å². The molecule has 2 N–H and O–H groups in total. The van der Waals surface area contributed by atoms with E-state index >= 15 is 0 Å². The Balaban J connectivity index is 2.48. The lowest BCUT2D eigenvalue weighted by Gasteiger charge is -2.23. The largest absolute Gasteiger partial charge is 0.508 e. The van der Waals surface area contributed by atoms with E-state index in [-0.39, 0.29) is 17.1 Å². The van der Waals surface area contributed by atoms with Crippen LogP contribution in [0.3, 0.4) is 0 Å². The van der Waals surface area contributed by atoms with Crippen LogP contribution in [-0.2, 0) is 0 Å². The van der Waals surface area contributed by atoms with Crippen molar-refractivity contribution in [2.75, 3.05) is 11.4 Å². The Labute approximate surface area is 122 Å². The number of nitrogens with zero attached hydrogens (tertiary/aromatic N) is 1. The molecular weight excluding hydrogens is 273 g/mol. The predicted octanol–water partition coefficient (Wildman–Crippen LogP) is 3.21. The molecule has 2 aromatic rings. The standard InChI is InChI=1S/C16H16FNO3/c1-3-18(14-9-12(19)6-4-10(14)2)16(21)13-8-11(17)5-7-15(13)20/h4-9,19-20H,3H2,1-2H3. The highest BCUT2D eigenvalue weighted by Gasteiger charge is 2.21. The molecule has 110 valence electrons. The van der Waals surface area contributed by atoms with Crippen LogP contribution in [0.2, 0.25) is 0 Å². The second-order valence-corrected chi connectivity index (χ2v) is 4.68. The van der Waals surface area contributed by atoms with Gasteiger partial charge in [-0.15, -0.1) is 0 Å². The van der Waals surface area contributed by atoms with Crippen molar-refractivity contribution < 1.29 is 19.4 Å². The van der Waals surface area contributed by atoms with E-state index in [0.29, 0.717) is 12.2 Å². The van der Waals surface area contributed by atoms with Crippen LogP contribution < -0.4 is 4.90 Å². The van der Waals surface area contributed by atoms with Gasteiger partial charge in [0.2, 0.25) is 0 Å². The first-order valence-corrected chi connectivity index (χ1v) is 6.54. The number of benzene rings is 2. The average molecular weight is 289 g/mol. The molecule has 0 atom stereocenters. The predicted molar refractivity (Wildman–Crippen MR) is 78.3 cm³/mol. The van der Waals surface area contributed by atoms with Crippen molar-refractivity contribution in [1.29, 1.82) is 0 Å². The Morgan fingerprint density at radius 2 is 1.90 bits per heavy atom. The summed E-state index contributed by atoms with van der Waals surface area (Å²) < 4.78 is 13.3. The second-order valence-electron chi connectivity index (χ2n) is 4.68. The average Bonchev–Trinajstić information content (AvgIpc) is 2.46. The van der Waals surface area contributed by atoms with Gasteiger partial charge in [0.1, 0.15) is 17.3 Å². The molecule has 0 heterocycles. The number of anilines is 1. The molecule has 4 nitrogen and oxygen atoms in total. The van der Waals surface area contributed by atoms with Gasteiger partial charge >= 0.3 is 0 Å². The lowest BCUT2D eigenvalue weighted by atomic mass is 10.1. The number of phenols is 2. The van der Waals surface area contributed by atoms with Gasteiger partial charge in [-0.05, 0) is 43.7 Å². The normalized spacial score (nSPS) is 10.4. The summed E-state index contributed by atoms with van der Waals surface area (Å²) in [5.74, 6) is -1.37. The van der Waals surface area contributed by atoms with Crippen LogP contribution in [0.1, 0.15) is 22.8 Å². The quantitative estimate of drug-likeness (QED) is 0.912. The minimum Gasteiger partial charge on any atom is -0.508 e. The number of amides is 1. The second kappa shape index (κ2) is 5.83. The summed E-state index contributed by atoms with van der Waals surface area (Å²) in [5.41, 5.74) is 1.20.